The number of carbonyl (C=O) groups is 1. The number of aryl methyl sites for hydroxylation is 1. The van der Waals surface area contributed by atoms with Gasteiger partial charge in [0.1, 0.15) is 5.82 Å². The van der Waals surface area contributed by atoms with Crippen LogP contribution in [0.3, 0.4) is 0 Å². The Balaban J connectivity index is 1.37. The number of nitrogens with one attached hydrogen (secondary N) is 2. The second-order valence-electron chi connectivity index (χ2n) is 10.9. The molecule has 218 valence electrons. The van der Waals surface area contributed by atoms with Crippen LogP contribution in [-0.2, 0) is 4.74 Å². The van der Waals surface area contributed by atoms with Crippen LogP contribution < -0.4 is 15.5 Å². The summed E-state index contributed by atoms with van der Waals surface area (Å²) in [7, 11) is 0. The number of hydrogen-bond donors (Lipinski definition) is 2. The minimum absolute atomic E-state index is 0.0497. The molecule has 3 fully saturated rings. The van der Waals surface area contributed by atoms with E-state index in [2.05, 4.69) is 15.6 Å². The lowest BCUT2D eigenvalue weighted by atomic mass is 10.0. The molecule has 3 heterocycles. The Morgan fingerprint density at radius 1 is 1.12 bits per heavy atom. The molecule has 8 nitrogen and oxygen atoms in total. The van der Waals surface area contributed by atoms with Gasteiger partial charge in [-0.25, -0.2) is 18.6 Å². The molecule has 0 radical (unpaired) electrons. The third kappa shape index (κ3) is 7.10. The van der Waals surface area contributed by atoms with Crippen LogP contribution in [0.15, 0.2) is 24.3 Å². The summed E-state index contributed by atoms with van der Waals surface area (Å²) in [6.07, 6.45) is -4.96. The Bertz CT molecular complexity index is 1220. The van der Waals surface area contributed by atoms with Gasteiger partial charge in [0, 0.05) is 68.8 Å². The molecule has 40 heavy (non-hydrogen) atoms. The number of alkyl halides is 5. The fourth-order valence-corrected chi connectivity index (χ4v) is 5.52. The minimum Gasteiger partial charge on any atom is -0.378 e. The SMILES string of the molecule is Cc1ccc(NC(=O)N2CC[C@@H](CC(F)(F)F)C2)cc1-c1cc(N[C@H]2CCC(F)(F)C2)nc(N2CCOCC2)n1. The molecular weight excluding hydrogens is 535 g/mol. The second kappa shape index (κ2) is 11.3. The van der Waals surface area contributed by atoms with E-state index in [-0.39, 0.29) is 25.9 Å². The number of carbonyl (C=O) groups excluding carboxylic acids is 1. The molecule has 1 aliphatic carbocycles. The first-order valence-corrected chi connectivity index (χ1v) is 13.5. The van der Waals surface area contributed by atoms with Gasteiger partial charge >= 0.3 is 12.2 Å². The molecule has 0 unspecified atom stereocenters. The molecule has 1 aromatic heterocycles. The summed E-state index contributed by atoms with van der Waals surface area (Å²) in [6.45, 7) is 4.42. The Hall–Kier alpha value is -3.22. The number of anilines is 3. The summed E-state index contributed by atoms with van der Waals surface area (Å²) in [5, 5.41) is 5.97. The molecule has 2 atom stereocenters. The molecule has 2 saturated heterocycles. The Labute approximate surface area is 229 Å². The fourth-order valence-electron chi connectivity index (χ4n) is 5.52. The molecule has 0 spiro atoms. The lowest BCUT2D eigenvalue weighted by Crippen LogP contribution is -2.37. The van der Waals surface area contributed by atoms with E-state index in [1.54, 1.807) is 18.2 Å². The van der Waals surface area contributed by atoms with Gasteiger partial charge in [-0.3, -0.25) is 0 Å². The van der Waals surface area contributed by atoms with Gasteiger partial charge in [-0.1, -0.05) is 6.07 Å². The van der Waals surface area contributed by atoms with Crippen LogP contribution >= 0.6 is 0 Å². The number of urea groups is 1. The number of ether oxygens (including phenoxy) is 1. The summed E-state index contributed by atoms with van der Waals surface area (Å²) in [6, 6.07) is 6.16. The lowest BCUT2D eigenvalue weighted by molar-refractivity contribution is -0.143. The summed E-state index contributed by atoms with van der Waals surface area (Å²) in [5.41, 5.74) is 2.62. The fraction of sp³-hybridized carbons (Fsp3) is 0.593. The smallest absolute Gasteiger partial charge is 0.378 e. The maximum atomic E-state index is 13.8. The predicted molar refractivity (Wildman–Crippen MR) is 141 cm³/mol. The van der Waals surface area contributed by atoms with Crippen molar-refractivity contribution in [1.82, 2.24) is 14.9 Å². The third-order valence-corrected chi connectivity index (χ3v) is 7.62. The summed E-state index contributed by atoms with van der Waals surface area (Å²) < 4.78 is 71.4. The van der Waals surface area contributed by atoms with Crippen LogP contribution in [0.5, 0.6) is 0 Å². The molecule has 5 rings (SSSR count). The Kier molecular flexibility index (Phi) is 8.03. The van der Waals surface area contributed by atoms with Crippen molar-refractivity contribution >= 4 is 23.5 Å². The van der Waals surface area contributed by atoms with Crippen molar-refractivity contribution in [2.24, 2.45) is 5.92 Å². The van der Waals surface area contributed by atoms with Gasteiger partial charge in [0.25, 0.3) is 0 Å². The molecule has 0 bridgehead atoms. The van der Waals surface area contributed by atoms with Crippen molar-refractivity contribution in [2.75, 3.05) is 54.9 Å². The number of nitrogens with zero attached hydrogens (tertiary/aromatic N) is 4. The normalized spacial score (nSPS) is 22.9. The van der Waals surface area contributed by atoms with Crippen molar-refractivity contribution in [3.8, 4) is 11.3 Å². The Morgan fingerprint density at radius 2 is 1.90 bits per heavy atom. The van der Waals surface area contributed by atoms with Gasteiger partial charge in [-0.2, -0.15) is 18.2 Å². The minimum atomic E-state index is -4.26. The second-order valence-corrected chi connectivity index (χ2v) is 10.9. The van der Waals surface area contributed by atoms with Gasteiger partial charge in [-0.05, 0) is 43.4 Å². The van der Waals surface area contributed by atoms with Crippen molar-refractivity contribution < 1.29 is 31.5 Å². The number of amides is 2. The Morgan fingerprint density at radius 3 is 2.60 bits per heavy atom. The monoisotopic (exact) mass is 568 g/mol. The van der Waals surface area contributed by atoms with Crippen LogP contribution in [0.1, 0.15) is 37.7 Å². The lowest BCUT2D eigenvalue weighted by Gasteiger charge is -2.28. The van der Waals surface area contributed by atoms with Crippen molar-refractivity contribution in [1.29, 1.82) is 0 Å². The predicted octanol–water partition coefficient (Wildman–Crippen LogP) is 5.69. The van der Waals surface area contributed by atoms with Gasteiger partial charge < -0.3 is 25.2 Å². The molecule has 2 N–H and O–H groups in total. The topological polar surface area (TPSA) is 82.6 Å². The molecule has 3 aliphatic rings. The first-order chi connectivity index (χ1) is 18.9. The van der Waals surface area contributed by atoms with Gasteiger partial charge in [0.05, 0.1) is 18.9 Å². The molecule has 13 heteroatoms. The van der Waals surface area contributed by atoms with E-state index < -0.39 is 36.5 Å². The van der Waals surface area contributed by atoms with E-state index in [9.17, 15) is 26.7 Å². The third-order valence-electron chi connectivity index (χ3n) is 7.62. The van der Waals surface area contributed by atoms with Gasteiger partial charge in [0.2, 0.25) is 11.9 Å². The molecule has 2 aromatic rings. The van der Waals surface area contributed by atoms with Crippen molar-refractivity contribution in [2.45, 2.75) is 57.2 Å². The number of morpholine rings is 1. The van der Waals surface area contributed by atoms with E-state index in [4.69, 9.17) is 9.72 Å². The number of halogens is 5. The number of likely N-dealkylation sites (tertiary alicyclic amines) is 1. The first-order valence-electron chi connectivity index (χ1n) is 13.5. The summed E-state index contributed by atoms with van der Waals surface area (Å²) in [4.78, 5) is 25.6. The number of aromatic nitrogens is 2. The van der Waals surface area contributed by atoms with Gasteiger partial charge in [0.15, 0.2) is 0 Å². The van der Waals surface area contributed by atoms with E-state index in [0.717, 1.165) is 5.56 Å². The first kappa shape index (κ1) is 28.3. The summed E-state index contributed by atoms with van der Waals surface area (Å²) in [5.74, 6) is -2.42. The highest BCUT2D eigenvalue weighted by Gasteiger charge is 2.40. The highest BCUT2D eigenvalue weighted by Crippen LogP contribution is 2.37. The quantitative estimate of drug-likeness (QED) is 0.436. The number of hydrogen-bond acceptors (Lipinski definition) is 6. The van der Waals surface area contributed by atoms with Crippen LogP contribution in [0.25, 0.3) is 11.3 Å². The van der Waals surface area contributed by atoms with Crippen molar-refractivity contribution in [3.05, 3.63) is 29.8 Å². The van der Waals surface area contributed by atoms with Crippen LogP contribution in [0, 0.1) is 12.8 Å². The van der Waals surface area contributed by atoms with E-state index in [0.29, 0.717) is 67.9 Å². The van der Waals surface area contributed by atoms with E-state index >= 15 is 0 Å². The van der Waals surface area contributed by atoms with Crippen molar-refractivity contribution in [3.63, 3.8) is 0 Å². The molecule has 2 amide bonds. The maximum Gasteiger partial charge on any atom is 0.389 e. The maximum absolute atomic E-state index is 13.8. The number of rotatable bonds is 6. The van der Waals surface area contributed by atoms with Crippen LogP contribution in [-0.4, -0.2) is 78.4 Å². The molecule has 1 aromatic carbocycles. The van der Waals surface area contributed by atoms with Crippen LogP contribution in [0.4, 0.5) is 44.2 Å². The van der Waals surface area contributed by atoms with Crippen LogP contribution in [0.2, 0.25) is 0 Å². The molecular formula is C27H33F5N6O2. The highest BCUT2D eigenvalue weighted by atomic mass is 19.4. The molecule has 2 aliphatic heterocycles. The largest absolute Gasteiger partial charge is 0.389 e. The zero-order valence-corrected chi connectivity index (χ0v) is 22.2. The van der Waals surface area contributed by atoms with E-state index in [1.165, 1.54) is 4.90 Å². The zero-order valence-electron chi connectivity index (χ0n) is 22.2. The highest BCUT2D eigenvalue weighted by molar-refractivity contribution is 5.90. The molecule has 1 saturated carbocycles. The van der Waals surface area contributed by atoms with Gasteiger partial charge in [-0.15, -0.1) is 0 Å². The zero-order chi connectivity index (χ0) is 28.5. The average Bonchev–Trinajstić information content (AvgIpc) is 3.49. The number of benzene rings is 1. The average molecular weight is 569 g/mol. The van der Waals surface area contributed by atoms with E-state index in [1.807, 2.05) is 17.9 Å². The summed E-state index contributed by atoms with van der Waals surface area (Å²) >= 11 is 0. The standard InChI is InChI=1S/C27H33F5N6O2/c1-17-2-3-19(34-25(39)38-7-5-18(16-38)14-27(30,31)32)12-21(17)22-13-23(33-20-4-6-26(28,29)15-20)36-24(35-22)37-8-10-40-11-9-37/h2-3,12-13,18,20H,4-11,14-16H2,1H3,(H,34,39)(H,33,35,36)/t18-,20-/m0/s1.